The van der Waals surface area contributed by atoms with Gasteiger partial charge in [-0.1, -0.05) is 41.9 Å². The Morgan fingerprint density at radius 3 is 2.47 bits per heavy atom. The Hall–Kier alpha value is -3.16. The minimum absolute atomic E-state index is 0.373. The van der Waals surface area contributed by atoms with Gasteiger partial charge in [-0.05, 0) is 37.3 Å². The summed E-state index contributed by atoms with van der Waals surface area (Å²) in [4.78, 5) is 26.2. The van der Waals surface area contributed by atoms with Crippen molar-refractivity contribution >= 4 is 45.1 Å². The summed E-state index contributed by atoms with van der Waals surface area (Å²) in [5, 5.41) is 6.03. The Morgan fingerprint density at radius 1 is 1.10 bits per heavy atom. The minimum Gasteiger partial charge on any atom is -0.466 e. The number of halogens is 1. The number of benzene rings is 2. The molecule has 0 aliphatic carbocycles. The van der Waals surface area contributed by atoms with E-state index < -0.39 is 18.0 Å². The zero-order valence-corrected chi connectivity index (χ0v) is 17.7. The fourth-order valence-corrected chi connectivity index (χ4v) is 4.25. The van der Waals surface area contributed by atoms with Crippen molar-refractivity contribution < 1.29 is 19.1 Å². The van der Waals surface area contributed by atoms with Crippen molar-refractivity contribution in [3.8, 4) is 5.69 Å². The third-order valence-electron chi connectivity index (χ3n) is 4.56. The first-order valence-electron chi connectivity index (χ1n) is 9.07. The highest BCUT2D eigenvalue weighted by molar-refractivity contribution is 7.20. The molecule has 0 fully saturated rings. The molecule has 152 valence electrons. The van der Waals surface area contributed by atoms with Crippen molar-refractivity contribution in [1.29, 1.82) is 0 Å². The van der Waals surface area contributed by atoms with Crippen LogP contribution < -0.4 is 0 Å². The number of ether oxygens (including phenoxy) is 2. The van der Waals surface area contributed by atoms with E-state index in [-0.39, 0.29) is 0 Å². The predicted molar refractivity (Wildman–Crippen MR) is 115 cm³/mol. The van der Waals surface area contributed by atoms with E-state index >= 15 is 0 Å². The zero-order valence-electron chi connectivity index (χ0n) is 16.2. The molecule has 0 aliphatic rings. The molecule has 4 rings (SSSR count). The fraction of sp³-hybridized carbons (Fsp3) is 0.136. The molecule has 0 bridgehead atoms. The van der Waals surface area contributed by atoms with Gasteiger partial charge in [0.1, 0.15) is 9.71 Å². The Kier molecular flexibility index (Phi) is 5.57. The van der Waals surface area contributed by atoms with Crippen molar-refractivity contribution in [2.75, 3.05) is 7.11 Å². The summed E-state index contributed by atoms with van der Waals surface area (Å²) in [6.07, 6.45) is -1.14. The van der Waals surface area contributed by atoms with Gasteiger partial charge in [-0.3, -0.25) is 0 Å². The van der Waals surface area contributed by atoms with E-state index in [0.717, 1.165) is 21.6 Å². The lowest BCUT2D eigenvalue weighted by atomic mass is 10.1. The van der Waals surface area contributed by atoms with Crippen LogP contribution in [0.3, 0.4) is 0 Å². The molecular formula is C22H17ClN2O4S. The van der Waals surface area contributed by atoms with Crippen molar-refractivity contribution in [3.05, 3.63) is 81.8 Å². The van der Waals surface area contributed by atoms with Gasteiger partial charge in [0.15, 0.2) is 0 Å². The molecule has 0 N–H and O–H groups in total. The number of esters is 2. The van der Waals surface area contributed by atoms with Crippen LogP contribution in [0.1, 0.15) is 27.0 Å². The molecule has 0 saturated heterocycles. The molecular weight excluding hydrogens is 424 g/mol. The Morgan fingerprint density at radius 2 is 1.80 bits per heavy atom. The highest BCUT2D eigenvalue weighted by Gasteiger charge is 2.28. The van der Waals surface area contributed by atoms with E-state index in [4.69, 9.17) is 21.1 Å². The molecule has 0 saturated carbocycles. The maximum atomic E-state index is 12.9. The quantitative estimate of drug-likeness (QED) is 0.403. The highest BCUT2D eigenvalue weighted by Crippen LogP contribution is 2.32. The fourth-order valence-electron chi connectivity index (χ4n) is 3.06. The standard InChI is InChI=1S/C22H17ClN2O4S/c1-13-17-12-18(30-20(17)25(24-13)16-10-8-15(23)9-11-16)21(26)29-19(22(27)28-2)14-6-4-3-5-7-14/h3-12,19H,1-2H3/t19-/m1/s1. The molecule has 8 heteroatoms. The summed E-state index contributed by atoms with van der Waals surface area (Å²) in [6, 6.07) is 17.8. The van der Waals surface area contributed by atoms with Crippen molar-refractivity contribution in [2.45, 2.75) is 13.0 Å². The summed E-state index contributed by atoms with van der Waals surface area (Å²) in [6.45, 7) is 1.87. The molecule has 0 aliphatic heterocycles. The third kappa shape index (κ3) is 3.81. The number of hydrogen-bond acceptors (Lipinski definition) is 6. The molecule has 6 nitrogen and oxygen atoms in total. The first kappa shape index (κ1) is 20.1. The number of nitrogens with zero attached hydrogens (tertiary/aromatic N) is 2. The van der Waals surface area contributed by atoms with Gasteiger partial charge in [0, 0.05) is 16.0 Å². The first-order chi connectivity index (χ1) is 14.5. The van der Waals surface area contributed by atoms with Gasteiger partial charge in [-0.25, -0.2) is 14.3 Å². The SMILES string of the molecule is COC(=O)[C@H](OC(=O)c1cc2c(C)nn(-c3ccc(Cl)cc3)c2s1)c1ccccc1. The maximum absolute atomic E-state index is 12.9. The number of fused-ring (bicyclic) bond motifs is 1. The molecule has 0 amide bonds. The number of aromatic nitrogens is 2. The average Bonchev–Trinajstić information content (AvgIpc) is 3.33. The van der Waals surface area contributed by atoms with E-state index in [1.807, 2.05) is 25.1 Å². The van der Waals surface area contributed by atoms with Crippen LogP contribution >= 0.6 is 22.9 Å². The second-order valence-electron chi connectivity index (χ2n) is 6.52. The molecule has 0 radical (unpaired) electrons. The minimum atomic E-state index is -1.14. The predicted octanol–water partition coefficient (Wildman–Crippen LogP) is 5.12. The Balaban J connectivity index is 1.67. The van der Waals surface area contributed by atoms with Gasteiger partial charge < -0.3 is 9.47 Å². The maximum Gasteiger partial charge on any atom is 0.351 e. The normalized spacial score (nSPS) is 12.0. The van der Waals surface area contributed by atoms with Gasteiger partial charge in [-0.15, -0.1) is 11.3 Å². The second kappa shape index (κ2) is 8.30. The lowest BCUT2D eigenvalue weighted by Gasteiger charge is -2.15. The smallest absolute Gasteiger partial charge is 0.351 e. The molecule has 1 atom stereocenters. The van der Waals surface area contributed by atoms with Crippen LogP contribution in [0.4, 0.5) is 0 Å². The number of carbonyl (C=O) groups excluding carboxylic acids is 2. The molecule has 2 aromatic carbocycles. The van der Waals surface area contributed by atoms with Gasteiger partial charge in [0.05, 0.1) is 18.5 Å². The van der Waals surface area contributed by atoms with Crippen LogP contribution in [0, 0.1) is 6.92 Å². The summed E-state index contributed by atoms with van der Waals surface area (Å²) >= 11 is 7.23. The van der Waals surface area contributed by atoms with Crippen LogP contribution in [0.25, 0.3) is 15.9 Å². The van der Waals surface area contributed by atoms with Crippen molar-refractivity contribution in [3.63, 3.8) is 0 Å². The van der Waals surface area contributed by atoms with Crippen molar-refractivity contribution in [2.24, 2.45) is 0 Å². The van der Waals surface area contributed by atoms with Gasteiger partial charge >= 0.3 is 11.9 Å². The third-order valence-corrected chi connectivity index (χ3v) is 5.90. The largest absolute Gasteiger partial charge is 0.466 e. The van der Waals surface area contributed by atoms with E-state index in [1.54, 1.807) is 47.1 Å². The number of aryl methyl sites for hydroxylation is 1. The topological polar surface area (TPSA) is 70.4 Å². The number of carbonyl (C=O) groups is 2. The van der Waals surface area contributed by atoms with Crippen LogP contribution in [0.2, 0.25) is 5.02 Å². The molecule has 2 heterocycles. The average molecular weight is 441 g/mol. The zero-order chi connectivity index (χ0) is 21.3. The molecule has 2 aromatic heterocycles. The summed E-state index contributed by atoms with van der Waals surface area (Å²) < 4.78 is 12.1. The van der Waals surface area contributed by atoms with Crippen molar-refractivity contribution in [1.82, 2.24) is 9.78 Å². The van der Waals surface area contributed by atoms with E-state index in [0.29, 0.717) is 15.5 Å². The molecule has 4 aromatic rings. The monoisotopic (exact) mass is 440 g/mol. The number of methoxy groups -OCH3 is 1. The lowest BCUT2D eigenvalue weighted by Crippen LogP contribution is -2.20. The van der Waals surface area contributed by atoms with Crippen LogP contribution in [-0.2, 0) is 14.3 Å². The molecule has 0 unspecified atom stereocenters. The highest BCUT2D eigenvalue weighted by atomic mass is 35.5. The van der Waals surface area contributed by atoms with Gasteiger partial charge in [0.2, 0.25) is 6.10 Å². The summed E-state index contributed by atoms with van der Waals surface area (Å²) in [5.74, 6) is -1.24. The van der Waals surface area contributed by atoms with Crippen LogP contribution in [0.15, 0.2) is 60.7 Å². The van der Waals surface area contributed by atoms with E-state index in [1.165, 1.54) is 18.4 Å². The summed E-state index contributed by atoms with van der Waals surface area (Å²) in [5.41, 5.74) is 2.15. The second-order valence-corrected chi connectivity index (χ2v) is 7.99. The number of hydrogen-bond donors (Lipinski definition) is 0. The van der Waals surface area contributed by atoms with Crippen LogP contribution in [-0.4, -0.2) is 28.8 Å². The number of rotatable bonds is 5. The lowest BCUT2D eigenvalue weighted by molar-refractivity contribution is -0.151. The van der Waals surface area contributed by atoms with Gasteiger partial charge in [-0.2, -0.15) is 5.10 Å². The number of thiophene rings is 1. The first-order valence-corrected chi connectivity index (χ1v) is 10.3. The Labute approximate surface area is 181 Å². The van der Waals surface area contributed by atoms with E-state index in [2.05, 4.69) is 5.10 Å². The summed E-state index contributed by atoms with van der Waals surface area (Å²) in [7, 11) is 1.26. The van der Waals surface area contributed by atoms with E-state index in [9.17, 15) is 9.59 Å². The molecule has 0 spiro atoms. The Bertz CT molecular complexity index is 1220. The van der Waals surface area contributed by atoms with Crippen LogP contribution in [0.5, 0.6) is 0 Å². The molecule has 30 heavy (non-hydrogen) atoms. The van der Waals surface area contributed by atoms with Gasteiger partial charge in [0.25, 0.3) is 0 Å².